The molecule has 2 rings (SSSR count). The van der Waals surface area contributed by atoms with E-state index in [4.69, 9.17) is 10.5 Å². The highest BCUT2D eigenvalue weighted by atomic mass is 32.1. The van der Waals surface area contributed by atoms with E-state index in [2.05, 4.69) is 9.97 Å². The van der Waals surface area contributed by atoms with Gasteiger partial charge < -0.3 is 15.6 Å². The van der Waals surface area contributed by atoms with Crippen molar-refractivity contribution in [1.82, 2.24) is 9.97 Å². The Morgan fingerprint density at radius 1 is 1.47 bits per heavy atom. The van der Waals surface area contributed by atoms with Crippen LogP contribution in [0.1, 0.15) is 16.7 Å². The number of thiazole rings is 1. The zero-order valence-corrected chi connectivity index (χ0v) is 9.74. The van der Waals surface area contributed by atoms with Gasteiger partial charge in [0.25, 0.3) is 0 Å². The van der Waals surface area contributed by atoms with E-state index in [-0.39, 0.29) is 11.4 Å². The molecule has 2 aromatic rings. The summed E-state index contributed by atoms with van der Waals surface area (Å²) >= 11 is 1.13. The number of hydrogen-bond acceptors (Lipinski definition) is 6. The van der Waals surface area contributed by atoms with Gasteiger partial charge in [0.2, 0.25) is 5.88 Å². The molecule has 0 saturated carbocycles. The van der Waals surface area contributed by atoms with Gasteiger partial charge in [0.15, 0.2) is 0 Å². The summed E-state index contributed by atoms with van der Waals surface area (Å²) in [6, 6.07) is 1.16. The predicted molar refractivity (Wildman–Crippen MR) is 61.3 cm³/mol. The van der Waals surface area contributed by atoms with Crippen LogP contribution in [0.2, 0.25) is 0 Å². The highest BCUT2D eigenvalue weighted by Gasteiger charge is 2.20. The van der Waals surface area contributed by atoms with Crippen LogP contribution in [0.4, 0.5) is 9.39 Å². The molecule has 0 fully saturated rings. The molecule has 90 valence electrons. The minimum atomic E-state index is -1.10. The number of hydrogen-bond donors (Lipinski definition) is 2. The fraction of sp³-hybridized carbons (Fsp3) is 0.200. The van der Waals surface area contributed by atoms with Gasteiger partial charge in [0, 0.05) is 0 Å². The van der Waals surface area contributed by atoms with E-state index in [1.807, 2.05) is 0 Å². The van der Waals surface area contributed by atoms with Crippen LogP contribution in [-0.4, -0.2) is 22.2 Å². The van der Waals surface area contributed by atoms with Gasteiger partial charge >= 0.3 is 0 Å². The number of anilines is 1. The number of aliphatic hydroxyl groups excluding tert-OH is 1. The van der Waals surface area contributed by atoms with E-state index in [1.54, 1.807) is 0 Å². The molecule has 2 heterocycles. The van der Waals surface area contributed by atoms with Crippen LogP contribution < -0.4 is 10.5 Å². The van der Waals surface area contributed by atoms with E-state index in [1.165, 1.54) is 13.3 Å². The summed E-state index contributed by atoms with van der Waals surface area (Å²) in [6.07, 6.45) is 1.35. The van der Waals surface area contributed by atoms with Gasteiger partial charge in [0.1, 0.15) is 21.9 Å². The monoisotopic (exact) mass is 255 g/mol. The fourth-order valence-corrected chi connectivity index (χ4v) is 2.06. The summed E-state index contributed by atoms with van der Waals surface area (Å²) in [5.74, 6) is -0.392. The molecule has 1 atom stereocenters. The number of pyridine rings is 1. The third-order valence-corrected chi connectivity index (χ3v) is 2.99. The summed E-state index contributed by atoms with van der Waals surface area (Å²) in [5, 5.41) is 10.9. The second-order valence-corrected chi connectivity index (χ2v) is 4.35. The largest absolute Gasteiger partial charge is 0.481 e. The number of ether oxygens (including phenoxy) is 1. The SMILES string of the molecule is COc1ncc(F)cc1C(O)c1ncc(N)s1. The van der Waals surface area contributed by atoms with Crippen LogP contribution >= 0.6 is 11.3 Å². The first-order valence-electron chi connectivity index (χ1n) is 4.70. The van der Waals surface area contributed by atoms with E-state index in [9.17, 15) is 9.50 Å². The Bertz CT molecular complexity index is 532. The third kappa shape index (κ3) is 2.34. The first-order chi connectivity index (χ1) is 8.11. The van der Waals surface area contributed by atoms with Crippen molar-refractivity contribution in [3.8, 4) is 5.88 Å². The Morgan fingerprint density at radius 2 is 2.24 bits per heavy atom. The molecule has 0 aliphatic heterocycles. The minimum absolute atomic E-state index is 0.160. The van der Waals surface area contributed by atoms with Crippen LogP contribution in [0.15, 0.2) is 18.5 Å². The summed E-state index contributed by atoms with van der Waals surface area (Å²) < 4.78 is 18.1. The van der Waals surface area contributed by atoms with E-state index in [0.29, 0.717) is 10.0 Å². The molecule has 0 aliphatic rings. The number of aliphatic hydroxyl groups is 1. The van der Waals surface area contributed by atoms with Gasteiger partial charge in [-0.15, -0.1) is 0 Å². The summed E-state index contributed by atoms with van der Waals surface area (Å²) in [4.78, 5) is 7.67. The van der Waals surface area contributed by atoms with Crippen molar-refractivity contribution in [1.29, 1.82) is 0 Å². The Balaban J connectivity index is 2.42. The normalized spacial score (nSPS) is 12.4. The van der Waals surface area contributed by atoms with Gasteiger partial charge in [-0.05, 0) is 6.07 Å². The zero-order valence-electron chi connectivity index (χ0n) is 8.92. The number of nitrogens with zero attached hydrogens (tertiary/aromatic N) is 2. The standard InChI is InChI=1S/C10H10FN3O2S/c1-16-9-6(2-5(11)3-13-9)8(15)10-14-4-7(12)17-10/h2-4,8,15H,12H2,1H3. The van der Waals surface area contributed by atoms with E-state index in [0.717, 1.165) is 23.6 Å². The van der Waals surface area contributed by atoms with Crippen LogP contribution in [0.3, 0.4) is 0 Å². The highest BCUT2D eigenvalue weighted by molar-refractivity contribution is 7.15. The van der Waals surface area contributed by atoms with Gasteiger partial charge in [-0.2, -0.15) is 0 Å². The fourth-order valence-electron chi connectivity index (χ4n) is 1.37. The lowest BCUT2D eigenvalue weighted by molar-refractivity contribution is 0.212. The van der Waals surface area contributed by atoms with Crippen LogP contribution in [-0.2, 0) is 0 Å². The molecule has 7 heteroatoms. The van der Waals surface area contributed by atoms with E-state index >= 15 is 0 Å². The second-order valence-electron chi connectivity index (χ2n) is 3.26. The van der Waals surface area contributed by atoms with Crippen molar-refractivity contribution in [3.05, 3.63) is 34.8 Å². The number of nitrogens with two attached hydrogens (primary N) is 1. The number of halogens is 1. The molecular formula is C10H10FN3O2S. The van der Waals surface area contributed by atoms with Crippen molar-refractivity contribution >= 4 is 16.3 Å². The quantitative estimate of drug-likeness (QED) is 0.865. The Labute approximate surface area is 101 Å². The van der Waals surface area contributed by atoms with Crippen molar-refractivity contribution in [2.24, 2.45) is 0 Å². The molecule has 0 saturated heterocycles. The highest BCUT2D eigenvalue weighted by Crippen LogP contribution is 2.31. The molecule has 17 heavy (non-hydrogen) atoms. The maximum atomic E-state index is 13.1. The second kappa shape index (κ2) is 4.64. The molecule has 0 aliphatic carbocycles. The number of rotatable bonds is 3. The first-order valence-corrected chi connectivity index (χ1v) is 5.52. The molecule has 0 amide bonds. The number of aromatic nitrogens is 2. The average molecular weight is 255 g/mol. The van der Waals surface area contributed by atoms with Gasteiger partial charge in [-0.1, -0.05) is 11.3 Å². The van der Waals surface area contributed by atoms with Gasteiger partial charge in [0.05, 0.1) is 25.1 Å². The van der Waals surface area contributed by atoms with Crippen molar-refractivity contribution < 1.29 is 14.2 Å². The third-order valence-electron chi connectivity index (χ3n) is 2.11. The van der Waals surface area contributed by atoms with Crippen LogP contribution in [0, 0.1) is 5.82 Å². The zero-order chi connectivity index (χ0) is 12.4. The van der Waals surface area contributed by atoms with Crippen molar-refractivity contribution in [2.45, 2.75) is 6.10 Å². The Hall–Kier alpha value is -1.73. The summed E-state index contributed by atoms with van der Waals surface area (Å²) in [7, 11) is 1.40. The van der Waals surface area contributed by atoms with Crippen molar-refractivity contribution in [2.75, 3.05) is 12.8 Å². The predicted octanol–water partition coefficient (Wildman–Crippen LogP) is 1.35. The molecule has 2 aromatic heterocycles. The smallest absolute Gasteiger partial charge is 0.219 e. The summed E-state index contributed by atoms with van der Waals surface area (Å²) in [6.45, 7) is 0. The molecular weight excluding hydrogens is 245 g/mol. The molecule has 5 nitrogen and oxygen atoms in total. The maximum Gasteiger partial charge on any atom is 0.219 e. The molecule has 0 radical (unpaired) electrons. The molecule has 0 spiro atoms. The van der Waals surface area contributed by atoms with Crippen LogP contribution in [0.5, 0.6) is 5.88 Å². The maximum absolute atomic E-state index is 13.1. The van der Waals surface area contributed by atoms with Gasteiger partial charge in [-0.25, -0.2) is 14.4 Å². The topological polar surface area (TPSA) is 81.3 Å². The lowest BCUT2D eigenvalue weighted by atomic mass is 10.1. The Kier molecular flexibility index (Phi) is 3.21. The number of methoxy groups -OCH3 is 1. The molecule has 0 bridgehead atoms. The lowest BCUT2D eigenvalue weighted by Gasteiger charge is -2.11. The lowest BCUT2D eigenvalue weighted by Crippen LogP contribution is -2.04. The molecule has 3 N–H and O–H groups in total. The van der Waals surface area contributed by atoms with Crippen molar-refractivity contribution in [3.63, 3.8) is 0 Å². The molecule has 0 aromatic carbocycles. The average Bonchev–Trinajstić information content (AvgIpc) is 2.75. The Morgan fingerprint density at radius 3 is 2.82 bits per heavy atom. The van der Waals surface area contributed by atoms with E-state index < -0.39 is 11.9 Å². The summed E-state index contributed by atoms with van der Waals surface area (Å²) in [5.41, 5.74) is 5.74. The van der Waals surface area contributed by atoms with Gasteiger partial charge in [-0.3, -0.25) is 0 Å². The number of nitrogen functional groups attached to an aromatic ring is 1. The first kappa shape index (κ1) is 11.7. The van der Waals surface area contributed by atoms with Crippen LogP contribution in [0.25, 0.3) is 0 Å². The minimum Gasteiger partial charge on any atom is -0.481 e. The molecule has 1 unspecified atom stereocenters.